The smallest absolute Gasteiger partial charge is 0.345 e. The van der Waals surface area contributed by atoms with Gasteiger partial charge in [0.15, 0.2) is 5.43 Å². The van der Waals surface area contributed by atoms with Gasteiger partial charge >= 0.3 is 5.63 Å². The molecule has 0 saturated carbocycles. The summed E-state index contributed by atoms with van der Waals surface area (Å²) in [7, 11) is 1.37. The maximum atomic E-state index is 13.1. The highest BCUT2D eigenvalue weighted by atomic mass is 16.5. The standard InChI is InChI=1S/C24H18N4O6/c1-11-8-15(29)18-17(33-11)10-16-13(21(18)32-2)9-14(24(31)34-16)20(25)19-22(26)27-28(23(19)30)12-6-4-3-5-7-12/h3-10,25,27H,26H2,1-2H3. The Morgan fingerprint density at radius 3 is 2.50 bits per heavy atom. The van der Waals surface area contributed by atoms with E-state index in [1.54, 1.807) is 37.3 Å². The van der Waals surface area contributed by atoms with Crippen LogP contribution in [0.5, 0.6) is 5.75 Å². The summed E-state index contributed by atoms with van der Waals surface area (Å²) in [5.74, 6) is 0.431. The summed E-state index contributed by atoms with van der Waals surface area (Å²) in [4.78, 5) is 38.5. The zero-order chi connectivity index (χ0) is 24.1. The number of anilines is 1. The third-order valence-corrected chi connectivity index (χ3v) is 5.47. The minimum atomic E-state index is -0.861. The Labute approximate surface area is 190 Å². The molecule has 0 aliphatic heterocycles. The Balaban J connectivity index is 1.75. The van der Waals surface area contributed by atoms with E-state index in [0.29, 0.717) is 11.4 Å². The van der Waals surface area contributed by atoms with Gasteiger partial charge in [-0.05, 0) is 25.1 Å². The first-order valence-corrected chi connectivity index (χ1v) is 10.1. The fraction of sp³-hybridized carbons (Fsp3) is 0.0833. The minimum Gasteiger partial charge on any atom is -0.495 e. The number of nitrogens with zero attached hydrogens (tertiary/aromatic N) is 1. The van der Waals surface area contributed by atoms with Gasteiger partial charge in [-0.2, -0.15) is 0 Å². The van der Waals surface area contributed by atoms with Gasteiger partial charge in [-0.15, -0.1) is 0 Å². The van der Waals surface area contributed by atoms with Crippen LogP contribution in [0.25, 0.3) is 27.6 Å². The molecule has 0 atom stereocenters. The van der Waals surface area contributed by atoms with Crippen LogP contribution in [0.1, 0.15) is 16.9 Å². The average molecular weight is 458 g/mol. The third-order valence-electron chi connectivity index (χ3n) is 5.47. The number of methoxy groups -OCH3 is 1. The molecule has 5 rings (SSSR count). The van der Waals surface area contributed by atoms with Crippen molar-refractivity contribution in [3.8, 4) is 11.4 Å². The summed E-state index contributed by atoms with van der Waals surface area (Å²) in [6.45, 7) is 1.63. The SMILES string of the molecule is COc1c2cc(C(=N)c3c(N)[nH]n(-c4ccccc4)c3=O)c(=O)oc2cc2oc(C)cc(=O)c12. The first-order valence-electron chi connectivity index (χ1n) is 10.1. The van der Waals surface area contributed by atoms with Crippen molar-refractivity contribution in [2.45, 2.75) is 6.92 Å². The van der Waals surface area contributed by atoms with Crippen LogP contribution >= 0.6 is 0 Å². The van der Waals surface area contributed by atoms with Crippen LogP contribution in [0.3, 0.4) is 0 Å². The molecule has 0 bridgehead atoms. The van der Waals surface area contributed by atoms with E-state index in [0.717, 1.165) is 0 Å². The molecule has 0 aliphatic carbocycles. The second-order valence-corrected chi connectivity index (χ2v) is 7.62. The summed E-state index contributed by atoms with van der Waals surface area (Å²) in [5, 5.41) is 11.8. The predicted molar refractivity (Wildman–Crippen MR) is 127 cm³/mol. The van der Waals surface area contributed by atoms with Gasteiger partial charge in [-0.25, -0.2) is 9.48 Å². The largest absolute Gasteiger partial charge is 0.495 e. The number of aromatic nitrogens is 2. The van der Waals surface area contributed by atoms with E-state index in [1.165, 1.54) is 30.0 Å². The molecule has 0 saturated heterocycles. The summed E-state index contributed by atoms with van der Waals surface area (Å²) >= 11 is 0. The fourth-order valence-electron chi connectivity index (χ4n) is 3.96. The van der Waals surface area contributed by atoms with Crippen molar-refractivity contribution in [3.63, 3.8) is 0 Å². The van der Waals surface area contributed by atoms with Crippen molar-refractivity contribution in [3.05, 3.63) is 96.4 Å². The molecule has 0 unspecified atom stereocenters. The van der Waals surface area contributed by atoms with E-state index >= 15 is 0 Å². The van der Waals surface area contributed by atoms with Crippen LogP contribution in [-0.4, -0.2) is 22.6 Å². The van der Waals surface area contributed by atoms with Crippen LogP contribution in [0.15, 0.2) is 71.7 Å². The molecule has 170 valence electrons. The van der Waals surface area contributed by atoms with E-state index in [1.807, 2.05) is 0 Å². The molecule has 3 heterocycles. The van der Waals surface area contributed by atoms with Gasteiger partial charge in [0.25, 0.3) is 5.56 Å². The Morgan fingerprint density at radius 2 is 1.79 bits per heavy atom. The molecule has 3 aromatic heterocycles. The van der Waals surface area contributed by atoms with E-state index in [4.69, 9.17) is 24.7 Å². The summed E-state index contributed by atoms with van der Waals surface area (Å²) in [6, 6.07) is 12.8. The molecular weight excluding hydrogens is 440 g/mol. The lowest BCUT2D eigenvalue weighted by Crippen LogP contribution is -2.24. The molecule has 0 aliphatic rings. The number of aromatic amines is 1. The quantitative estimate of drug-likeness (QED) is 0.212. The molecular formula is C24H18N4O6. The number of hydrogen-bond donors (Lipinski definition) is 3. The number of aryl methyl sites for hydroxylation is 1. The third kappa shape index (κ3) is 3.12. The Hall–Kier alpha value is -4.86. The number of para-hydroxylation sites is 1. The van der Waals surface area contributed by atoms with Gasteiger partial charge in [0.1, 0.15) is 39.4 Å². The van der Waals surface area contributed by atoms with Gasteiger partial charge in [0.2, 0.25) is 0 Å². The van der Waals surface area contributed by atoms with Gasteiger partial charge < -0.3 is 19.3 Å². The van der Waals surface area contributed by atoms with Gasteiger partial charge in [-0.1, -0.05) is 18.2 Å². The van der Waals surface area contributed by atoms with Gasteiger partial charge in [-0.3, -0.25) is 20.1 Å². The molecule has 0 amide bonds. The summed E-state index contributed by atoms with van der Waals surface area (Å²) in [5.41, 5.74) is 4.19. The van der Waals surface area contributed by atoms with Crippen molar-refractivity contribution in [1.82, 2.24) is 9.78 Å². The number of ether oxygens (including phenoxy) is 1. The second kappa shape index (κ2) is 7.62. The first kappa shape index (κ1) is 21.0. The average Bonchev–Trinajstić information content (AvgIpc) is 3.11. The van der Waals surface area contributed by atoms with Crippen molar-refractivity contribution >= 4 is 33.5 Å². The van der Waals surface area contributed by atoms with E-state index in [9.17, 15) is 14.4 Å². The van der Waals surface area contributed by atoms with Gasteiger partial charge in [0.05, 0.1) is 29.5 Å². The Bertz CT molecular complexity index is 1790. The van der Waals surface area contributed by atoms with Crippen molar-refractivity contribution in [2.75, 3.05) is 12.8 Å². The highest BCUT2D eigenvalue weighted by molar-refractivity contribution is 6.14. The Kier molecular flexibility index (Phi) is 4.71. The summed E-state index contributed by atoms with van der Waals surface area (Å²) < 4.78 is 17.7. The van der Waals surface area contributed by atoms with Crippen molar-refractivity contribution in [1.29, 1.82) is 5.41 Å². The van der Waals surface area contributed by atoms with Crippen LogP contribution in [0.4, 0.5) is 5.82 Å². The molecule has 2 aromatic carbocycles. The van der Waals surface area contributed by atoms with E-state index in [-0.39, 0.29) is 50.1 Å². The fourth-order valence-corrected chi connectivity index (χ4v) is 3.96. The number of H-pyrrole nitrogens is 1. The zero-order valence-corrected chi connectivity index (χ0v) is 18.1. The molecule has 34 heavy (non-hydrogen) atoms. The predicted octanol–water partition coefficient (Wildman–Crippen LogP) is 2.69. The van der Waals surface area contributed by atoms with Crippen molar-refractivity contribution < 1.29 is 13.6 Å². The van der Waals surface area contributed by atoms with Crippen LogP contribution in [0, 0.1) is 12.3 Å². The van der Waals surface area contributed by atoms with Crippen LogP contribution in [0.2, 0.25) is 0 Å². The first-order chi connectivity index (χ1) is 16.3. The molecule has 10 nitrogen and oxygen atoms in total. The number of benzene rings is 2. The minimum absolute atomic E-state index is 0.0834. The number of fused-ring (bicyclic) bond motifs is 2. The maximum Gasteiger partial charge on any atom is 0.345 e. The number of rotatable bonds is 4. The lowest BCUT2D eigenvalue weighted by atomic mass is 10.0. The number of nitrogens with two attached hydrogens (primary N) is 1. The lowest BCUT2D eigenvalue weighted by Gasteiger charge is -2.10. The van der Waals surface area contributed by atoms with Crippen molar-refractivity contribution in [2.24, 2.45) is 0 Å². The molecule has 0 fully saturated rings. The normalized spacial score (nSPS) is 11.2. The highest BCUT2D eigenvalue weighted by Gasteiger charge is 2.24. The number of hydrogen-bond acceptors (Lipinski definition) is 8. The highest BCUT2D eigenvalue weighted by Crippen LogP contribution is 2.33. The van der Waals surface area contributed by atoms with Gasteiger partial charge in [0, 0.05) is 12.1 Å². The number of nitrogen functional groups attached to an aromatic ring is 1. The molecule has 4 N–H and O–H groups in total. The topological polar surface area (TPSA) is 157 Å². The molecule has 0 spiro atoms. The zero-order valence-electron chi connectivity index (χ0n) is 18.1. The number of nitrogens with one attached hydrogen (secondary N) is 2. The summed E-state index contributed by atoms with van der Waals surface area (Å²) in [6.07, 6.45) is 0. The van der Waals surface area contributed by atoms with E-state index < -0.39 is 16.9 Å². The molecule has 0 radical (unpaired) electrons. The maximum absolute atomic E-state index is 13.1. The van der Waals surface area contributed by atoms with Crippen LogP contribution < -0.4 is 27.1 Å². The Morgan fingerprint density at radius 1 is 1.06 bits per heavy atom. The second-order valence-electron chi connectivity index (χ2n) is 7.62. The molecule has 10 heteroatoms. The van der Waals surface area contributed by atoms with Crippen LogP contribution in [-0.2, 0) is 0 Å². The lowest BCUT2D eigenvalue weighted by molar-refractivity contribution is 0.422. The molecule has 5 aromatic rings. The monoisotopic (exact) mass is 458 g/mol. The van der Waals surface area contributed by atoms with E-state index in [2.05, 4.69) is 5.10 Å².